The van der Waals surface area contributed by atoms with Gasteiger partial charge in [-0.1, -0.05) is 12.1 Å². The topological polar surface area (TPSA) is 115 Å². The van der Waals surface area contributed by atoms with E-state index >= 15 is 0 Å². The van der Waals surface area contributed by atoms with Crippen LogP contribution in [0, 0.1) is 0 Å². The summed E-state index contributed by atoms with van der Waals surface area (Å²) in [6, 6.07) is 10.1. The standard InChI is InChI=1S/C10H8O2.2C2H4O2/c11-9-3-1-7-5-10(12)6-8(7)2-4-9;2*1-2(3)4/h1-6,11-12H;2*1H3,(H,3,4). The number of hydrogen-bond acceptors (Lipinski definition) is 4. The third kappa shape index (κ3) is 8.35. The molecule has 0 radical (unpaired) electrons. The van der Waals surface area contributed by atoms with Crippen LogP contribution in [0.25, 0.3) is 11.1 Å². The second-order valence-corrected chi connectivity index (χ2v) is 3.75. The molecule has 0 heterocycles. The molecule has 0 unspecified atom stereocenters. The Morgan fingerprint density at radius 2 is 1.05 bits per heavy atom. The van der Waals surface area contributed by atoms with E-state index in [0.717, 1.165) is 25.0 Å². The molecule has 2 aliphatic rings. The Morgan fingerprint density at radius 1 is 0.750 bits per heavy atom. The van der Waals surface area contributed by atoms with Gasteiger partial charge < -0.3 is 20.4 Å². The van der Waals surface area contributed by atoms with Crippen molar-refractivity contribution in [2.45, 2.75) is 13.8 Å². The van der Waals surface area contributed by atoms with Gasteiger partial charge in [0.1, 0.15) is 11.5 Å². The SMILES string of the molecule is CC(=O)O.CC(=O)O.Oc1ccc2cc(O)cc-2cc1. The first kappa shape index (κ1) is 17.2. The molecule has 2 aliphatic carbocycles. The Balaban J connectivity index is 0.000000380. The van der Waals surface area contributed by atoms with Gasteiger partial charge in [0.15, 0.2) is 0 Å². The molecule has 0 amide bonds. The molecule has 0 aromatic heterocycles. The largest absolute Gasteiger partial charge is 0.508 e. The lowest BCUT2D eigenvalue weighted by molar-refractivity contribution is -0.135. The van der Waals surface area contributed by atoms with Crippen LogP contribution in [0.4, 0.5) is 0 Å². The van der Waals surface area contributed by atoms with E-state index in [1.165, 1.54) is 0 Å². The molecule has 0 aromatic carbocycles. The van der Waals surface area contributed by atoms with Gasteiger partial charge in [-0.3, -0.25) is 9.59 Å². The van der Waals surface area contributed by atoms with Crippen LogP contribution in [-0.2, 0) is 9.59 Å². The van der Waals surface area contributed by atoms with Gasteiger partial charge in [0.25, 0.3) is 11.9 Å². The van der Waals surface area contributed by atoms with Crippen LogP contribution in [0.5, 0.6) is 11.5 Å². The van der Waals surface area contributed by atoms with Gasteiger partial charge in [-0.25, -0.2) is 0 Å². The highest BCUT2D eigenvalue weighted by atomic mass is 16.4. The van der Waals surface area contributed by atoms with Crippen LogP contribution in [0.3, 0.4) is 0 Å². The summed E-state index contributed by atoms with van der Waals surface area (Å²) >= 11 is 0. The quantitative estimate of drug-likeness (QED) is 0.589. The molecule has 6 nitrogen and oxygen atoms in total. The maximum absolute atomic E-state index is 9.14. The van der Waals surface area contributed by atoms with Crippen molar-refractivity contribution >= 4 is 11.9 Å². The number of aliphatic carboxylic acids is 2. The fourth-order valence-corrected chi connectivity index (χ4v) is 1.22. The zero-order valence-electron chi connectivity index (χ0n) is 11.1. The van der Waals surface area contributed by atoms with Gasteiger partial charge in [-0.05, 0) is 35.4 Å². The molecule has 20 heavy (non-hydrogen) atoms. The normalized spacial score (nSPS) is 8.70. The van der Waals surface area contributed by atoms with E-state index in [1.54, 1.807) is 36.4 Å². The number of aromatic hydroxyl groups is 2. The van der Waals surface area contributed by atoms with E-state index in [0.29, 0.717) is 0 Å². The first-order valence-corrected chi connectivity index (χ1v) is 5.53. The minimum atomic E-state index is -0.833. The third-order valence-electron chi connectivity index (χ3n) is 1.81. The molecule has 2 rings (SSSR count). The second-order valence-electron chi connectivity index (χ2n) is 3.75. The highest BCUT2D eigenvalue weighted by molar-refractivity contribution is 5.70. The molecular weight excluding hydrogens is 264 g/mol. The molecule has 4 N–H and O–H groups in total. The zero-order valence-corrected chi connectivity index (χ0v) is 11.1. The molecular formula is C14H16O6. The van der Waals surface area contributed by atoms with Crippen molar-refractivity contribution in [1.29, 1.82) is 0 Å². The second kappa shape index (κ2) is 8.36. The third-order valence-corrected chi connectivity index (χ3v) is 1.81. The predicted molar refractivity (Wildman–Crippen MR) is 73.0 cm³/mol. The van der Waals surface area contributed by atoms with Crippen molar-refractivity contribution in [1.82, 2.24) is 0 Å². The van der Waals surface area contributed by atoms with Gasteiger partial charge in [0.2, 0.25) is 0 Å². The summed E-state index contributed by atoms with van der Waals surface area (Å²) in [5.41, 5.74) is 1.85. The maximum atomic E-state index is 9.14. The van der Waals surface area contributed by atoms with Crippen molar-refractivity contribution in [2.24, 2.45) is 0 Å². The summed E-state index contributed by atoms with van der Waals surface area (Å²) in [5.74, 6) is -1.18. The van der Waals surface area contributed by atoms with E-state index in [4.69, 9.17) is 30.0 Å². The van der Waals surface area contributed by atoms with Crippen LogP contribution >= 0.6 is 0 Å². The Bertz CT molecular complexity index is 496. The van der Waals surface area contributed by atoms with Crippen LogP contribution in [-0.4, -0.2) is 32.4 Å². The number of carboxylic acid groups (broad SMARTS) is 2. The van der Waals surface area contributed by atoms with Crippen molar-refractivity contribution in [2.75, 3.05) is 0 Å². The summed E-state index contributed by atoms with van der Waals surface area (Å²) in [4.78, 5) is 18.0. The molecule has 0 fully saturated rings. The number of rotatable bonds is 0. The highest BCUT2D eigenvalue weighted by Crippen LogP contribution is 2.29. The van der Waals surface area contributed by atoms with Gasteiger partial charge in [-0.2, -0.15) is 0 Å². The number of carboxylic acids is 2. The van der Waals surface area contributed by atoms with E-state index in [2.05, 4.69) is 0 Å². The summed E-state index contributed by atoms with van der Waals surface area (Å²) in [7, 11) is 0. The Labute approximate surface area is 115 Å². The monoisotopic (exact) mass is 280 g/mol. The summed E-state index contributed by atoms with van der Waals surface area (Å²) in [6.07, 6.45) is 0. The smallest absolute Gasteiger partial charge is 0.300 e. The Kier molecular flexibility index (Phi) is 7.21. The summed E-state index contributed by atoms with van der Waals surface area (Å²) < 4.78 is 0. The minimum Gasteiger partial charge on any atom is -0.508 e. The fraction of sp³-hybridized carbons (Fsp3) is 0.143. The Hall–Kier alpha value is -2.76. The van der Waals surface area contributed by atoms with Gasteiger partial charge >= 0.3 is 0 Å². The average molecular weight is 280 g/mol. The first-order chi connectivity index (χ1) is 9.22. The van der Waals surface area contributed by atoms with Crippen molar-refractivity contribution in [3.8, 4) is 22.6 Å². The molecule has 0 aliphatic heterocycles. The van der Waals surface area contributed by atoms with E-state index in [1.807, 2.05) is 0 Å². The van der Waals surface area contributed by atoms with Crippen molar-refractivity contribution < 1.29 is 30.0 Å². The van der Waals surface area contributed by atoms with Crippen LogP contribution in [0.2, 0.25) is 0 Å². The van der Waals surface area contributed by atoms with Gasteiger partial charge in [0, 0.05) is 13.8 Å². The molecule has 0 saturated carbocycles. The highest BCUT2D eigenvalue weighted by Gasteiger charge is 2.02. The predicted octanol–water partition coefficient (Wildman–Crippen LogP) is 2.38. The van der Waals surface area contributed by atoms with E-state index in [-0.39, 0.29) is 11.5 Å². The number of carbonyl (C=O) groups is 2. The first-order valence-electron chi connectivity index (χ1n) is 5.53. The summed E-state index contributed by atoms with van der Waals surface area (Å²) in [5, 5.41) is 33.1. The lowest BCUT2D eigenvalue weighted by atomic mass is 10.2. The molecule has 6 heteroatoms. The Morgan fingerprint density at radius 3 is 1.35 bits per heavy atom. The molecule has 0 saturated heterocycles. The van der Waals surface area contributed by atoms with Crippen molar-refractivity contribution in [3.63, 3.8) is 0 Å². The van der Waals surface area contributed by atoms with Crippen LogP contribution in [0.1, 0.15) is 13.8 Å². The fourth-order valence-electron chi connectivity index (χ4n) is 1.22. The maximum Gasteiger partial charge on any atom is 0.300 e. The molecule has 0 spiro atoms. The molecule has 0 atom stereocenters. The van der Waals surface area contributed by atoms with Crippen LogP contribution in [0.15, 0.2) is 36.4 Å². The average Bonchev–Trinajstić information content (AvgIpc) is 2.54. The summed E-state index contributed by atoms with van der Waals surface area (Å²) in [6.45, 7) is 2.17. The van der Waals surface area contributed by atoms with Crippen LogP contribution < -0.4 is 0 Å². The molecule has 108 valence electrons. The minimum absolute atomic E-state index is 0.227. The molecule has 0 aromatic rings. The number of hydrogen-bond donors (Lipinski definition) is 4. The molecule has 0 bridgehead atoms. The van der Waals surface area contributed by atoms with Gasteiger partial charge in [0.05, 0.1) is 0 Å². The lowest BCUT2D eigenvalue weighted by Crippen LogP contribution is -1.78. The van der Waals surface area contributed by atoms with Gasteiger partial charge in [-0.15, -0.1) is 0 Å². The van der Waals surface area contributed by atoms with E-state index < -0.39 is 11.9 Å². The lowest BCUT2D eigenvalue weighted by Gasteiger charge is -1.84. The van der Waals surface area contributed by atoms with E-state index in [9.17, 15) is 0 Å². The zero-order chi connectivity index (χ0) is 15.7. The van der Waals surface area contributed by atoms with Crippen molar-refractivity contribution in [3.05, 3.63) is 36.4 Å². The number of fused-ring (bicyclic) bond motifs is 1.